The molecule has 1 fully saturated rings. The van der Waals surface area contributed by atoms with Gasteiger partial charge in [0.2, 0.25) is 0 Å². The summed E-state index contributed by atoms with van der Waals surface area (Å²) >= 11 is 0. The zero-order valence-corrected chi connectivity index (χ0v) is 21.5. The van der Waals surface area contributed by atoms with Gasteiger partial charge in [0, 0.05) is 18.1 Å². The number of nitro groups is 1. The van der Waals surface area contributed by atoms with Crippen LogP contribution in [0.5, 0.6) is 0 Å². The smallest absolute Gasteiger partial charge is 0.338 e. The molecule has 0 saturated carbocycles. The first kappa shape index (κ1) is 26.3. The van der Waals surface area contributed by atoms with E-state index in [1.807, 2.05) is 97.9 Å². The second kappa shape index (κ2) is 11.6. The van der Waals surface area contributed by atoms with Crippen molar-refractivity contribution in [2.24, 2.45) is 5.92 Å². The number of nitro benzene ring substituents is 1. The molecule has 0 bridgehead atoms. The number of carbonyl (C=O) groups excluding carboxylic acids is 1. The highest BCUT2D eigenvalue weighted by Crippen LogP contribution is 2.41. The molecule has 1 aliphatic heterocycles. The van der Waals surface area contributed by atoms with E-state index in [1.165, 1.54) is 24.3 Å². The van der Waals surface area contributed by atoms with Gasteiger partial charge in [-0.2, -0.15) is 0 Å². The number of benzene rings is 4. The molecule has 0 aromatic heterocycles. The number of carbonyl (C=O) groups is 1. The van der Waals surface area contributed by atoms with Gasteiger partial charge < -0.3 is 14.2 Å². The number of non-ortho nitro benzene ring substituents is 1. The summed E-state index contributed by atoms with van der Waals surface area (Å²) in [6, 6.07) is 35.5. The topological polar surface area (TPSA) is 87.9 Å². The van der Waals surface area contributed by atoms with E-state index in [4.69, 9.17) is 14.2 Å². The molecule has 7 nitrogen and oxygen atoms in total. The lowest BCUT2D eigenvalue weighted by molar-refractivity contribution is -0.384. The fourth-order valence-electron chi connectivity index (χ4n) is 5.05. The minimum absolute atomic E-state index is 0.0554. The van der Waals surface area contributed by atoms with E-state index in [1.54, 1.807) is 0 Å². The van der Waals surface area contributed by atoms with Crippen molar-refractivity contribution in [2.45, 2.75) is 24.7 Å². The molecule has 3 atom stereocenters. The number of nitrogens with zero attached hydrogens (tertiary/aromatic N) is 1. The molecule has 0 aliphatic carbocycles. The minimum Gasteiger partial charge on any atom is -0.456 e. The van der Waals surface area contributed by atoms with E-state index in [9.17, 15) is 14.9 Å². The molecule has 39 heavy (non-hydrogen) atoms. The third-order valence-electron chi connectivity index (χ3n) is 7.06. The maximum atomic E-state index is 13.0. The Kier molecular flexibility index (Phi) is 7.81. The van der Waals surface area contributed by atoms with E-state index in [2.05, 4.69) is 0 Å². The minimum atomic E-state index is -0.925. The highest BCUT2D eigenvalue weighted by molar-refractivity contribution is 5.89. The van der Waals surface area contributed by atoms with Crippen LogP contribution >= 0.6 is 0 Å². The van der Waals surface area contributed by atoms with E-state index in [0.717, 1.165) is 16.7 Å². The third kappa shape index (κ3) is 5.46. The quantitative estimate of drug-likeness (QED) is 0.113. The molecule has 1 heterocycles. The van der Waals surface area contributed by atoms with Crippen molar-refractivity contribution in [3.63, 3.8) is 0 Å². The van der Waals surface area contributed by atoms with Gasteiger partial charge in [0.25, 0.3) is 5.69 Å². The third-order valence-corrected chi connectivity index (χ3v) is 7.06. The zero-order valence-electron chi connectivity index (χ0n) is 21.5. The standard InChI is InChI=1S/C32H29NO6/c1-23-21-37-29(30(23)39-31(34)24-17-19-28(20-18-24)33(35)36)22-38-32(25-11-5-2-6-12-25,26-13-7-3-8-14-26)27-15-9-4-10-16-27/h2-20,23,29-30H,21-22H2,1H3/t23-,29-,30+/m1/s1. The fraction of sp³-hybridized carbons (Fsp3) is 0.219. The summed E-state index contributed by atoms with van der Waals surface area (Å²) in [6.07, 6.45) is -1.05. The van der Waals surface area contributed by atoms with E-state index < -0.39 is 28.7 Å². The van der Waals surface area contributed by atoms with Crippen LogP contribution in [0.4, 0.5) is 5.69 Å². The predicted molar refractivity (Wildman–Crippen MR) is 146 cm³/mol. The fourth-order valence-corrected chi connectivity index (χ4v) is 5.05. The molecule has 0 N–H and O–H groups in total. The molecular formula is C32H29NO6. The van der Waals surface area contributed by atoms with Gasteiger partial charge in [0.1, 0.15) is 17.8 Å². The predicted octanol–water partition coefficient (Wildman–Crippen LogP) is 6.16. The first-order valence-electron chi connectivity index (χ1n) is 12.9. The molecule has 5 rings (SSSR count). The van der Waals surface area contributed by atoms with Gasteiger partial charge in [0.15, 0.2) is 0 Å². The highest BCUT2D eigenvalue weighted by Gasteiger charge is 2.43. The molecular weight excluding hydrogens is 494 g/mol. The number of rotatable bonds is 9. The SMILES string of the molecule is C[C@@H]1CO[C@H](COC(c2ccccc2)(c2ccccc2)c2ccccc2)[C@H]1OC(=O)c1ccc([N+](=O)[O-])cc1. The van der Waals surface area contributed by atoms with Gasteiger partial charge in [0.05, 0.1) is 23.7 Å². The van der Waals surface area contributed by atoms with Crippen LogP contribution in [-0.2, 0) is 19.8 Å². The molecule has 4 aromatic rings. The van der Waals surface area contributed by atoms with Gasteiger partial charge >= 0.3 is 5.97 Å². The lowest BCUT2D eigenvalue weighted by atomic mass is 9.80. The lowest BCUT2D eigenvalue weighted by Gasteiger charge is -2.37. The Bertz CT molecular complexity index is 1300. The van der Waals surface area contributed by atoms with Gasteiger partial charge in [-0.05, 0) is 28.8 Å². The molecule has 1 saturated heterocycles. The Hall–Kier alpha value is -4.33. The normalized spacial score (nSPS) is 18.9. The number of ether oxygens (including phenoxy) is 3. The van der Waals surface area contributed by atoms with Crippen LogP contribution in [0, 0.1) is 16.0 Å². The maximum Gasteiger partial charge on any atom is 0.338 e. The van der Waals surface area contributed by atoms with Crippen LogP contribution in [0.1, 0.15) is 34.0 Å². The molecule has 198 valence electrons. The van der Waals surface area contributed by atoms with Crippen molar-refractivity contribution in [3.8, 4) is 0 Å². The summed E-state index contributed by atoms with van der Waals surface area (Å²) in [4.78, 5) is 23.4. The first-order chi connectivity index (χ1) is 19.0. The van der Waals surface area contributed by atoms with Crippen molar-refractivity contribution in [3.05, 3.63) is 148 Å². The maximum absolute atomic E-state index is 13.0. The van der Waals surface area contributed by atoms with Gasteiger partial charge in [-0.3, -0.25) is 10.1 Å². The van der Waals surface area contributed by atoms with Crippen molar-refractivity contribution < 1.29 is 23.9 Å². The Morgan fingerprint density at radius 2 is 1.33 bits per heavy atom. The first-order valence-corrected chi connectivity index (χ1v) is 12.9. The summed E-state index contributed by atoms with van der Waals surface area (Å²) in [6.45, 7) is 2.55. The zero-order chi connectivity index (χ0) is 27.2. The monoisotopic (exact) mass is 523 g/mol. The summed E-state index contributed by atoms with van der Waals surface area (Å²) in [5, 5.41) is 11.0. The Morgan fingerprint density at radius 3 is 1.79 bits per heavy atom. The summed E-state index contributed by atoms with van der Waals surface area (Å²) in [7, 11) is 0. The van der Waals surface area contributed by atoms with Crippen molar-refractivity contribution in [1.29, 1.82) is 0 Å². The van der Waals surface area contributed by atoms with Crippen LogP contribution in [0.15, 0.2) is 115 Å². The molecule has 0 amide bonds. The lowest BCUT2D eigenvalue weighted by Crippen LogP contribution is -2.40. The average Bonchev–Trinajstić information content (AvgIpc) is 3.33. The van der Waals surface area contributed by atoms with Crippen molar-refractivity contribution in [1.82, 2.24) is 0 Å². The molecule has 7 heteroatoms. The Balaban J connectivity index is 1.44. The number of hydrogen-bond donors (Lipinski definition) is 0. The van der Waals surface area contributed by atoms with Crippen LogP contribution in [0.25, 0.3) is 0 Å². The largest absolute Gasteiger partial charge is 0.456 e. The van der Waals surface area contributed by atoms with Gasteiger partial charge in [-0.15, -0.1) is 0 Å². The molecule has 0 spiro atoms. The summed E-state index contributed by atoms with van der Waals surface area (Å²) < 4.78 is 18.9. The Labute approximate surface area is 227 Å². The van der Waals surface area contributed by atoms with E-state index >= 15 is 0 Å². The van der Waals surface area contributed by atoms with E-state index in [0.29, 0.717) is 6.61 Å². The van der Waals surface area contributed by atoms with Crippen LogP contribution in [0.2, 0.25) is 0 Å². The van der Waals surface area contributed by atoms with Crippen molar-refractivity contribution in [2.75, 3.05) is 13.2 Å². The Morgan fingerprint density at radius 1 is 0.846 bits per heavy atom. The van der Waals surface area contributed by atoms with E-state index in [-0.39, 0.29) is 23.8 Å². The molecule has 1 aliphatic rings. The summed E-state index contributed by atoms with van der Waals surface area (Å²) in [5.74, 6) is -0.613. The van der Waals surface area contributed by atoms with Crippen LogP contribution in [0.3, 0.4) is 0 Å². The van der Waals surface area contributed by atoms with Crippen molar-refractivity contribution >= 4 is 11.7 Å². The molecule has 0 unspecified atom stereocenters. The van der Waals surface area contributed by atoms with Gasteiger partial charge in [-0.1, -0.05) is 97.9 Å². The molecule has 0 radical (unpaired) electrons. The average molecular weight is 524 g/mol. The van der Waals surface area contributed by atoms with Gasteiger partial charge in [-0.25, -0.2) is 4.79 Å². The van der Waals surface area contributed by atoms with Crippen LogP contribution < -0.4 is 0 Å². The second-order valence-electron chi connectivity index (χ2n) is 9.61. The number of esters is 1. The summed E-state index contributed by atoms with van der Waals surface area (Å²) in [5.41, 5.74) is 2.13. The number of hydrogen-bond acceptors (Lipinski definition) is 6. The van der Waals surface area contributed by atoms with Crippen LogP contribution in [-0.4, -0.2) is 36.3 Å². The molecule has 4 aromatic carbocycles. The second-order valence-corrected chi connectivity index (χ2v) is 9.61. The highest BCUT2D eigenvalue weighted by atomic mass is 16.6.